The maximum atomic E-state index is 13.7. The highest BCUT2D eigenvalue weighted by Crippen LogP contribution is 2.27. The monoisotopic (exact) mass is 271 g/mol. The van der Waals surface area contributed by atoms with Crippen LogP contribution in [0, 0.1) is 12.7 Å². The Labute approximate surface area is 118 Å². The third-order valence-corrected chi connectivity index (χ3v) is 3.69. The molecular weight excluding hydrogens is 253 g/mol. The Morgan fingerprint density at radius 1 is 1.25 bits per heavy atom. The molecule has 0 fully saturated rings. The predicted molar refractivity (Wildman–Crippen MR) is 78.5 cm³/mol. The number of nitrogens with one attached hydrogen (secondary N) is 1. The van der Waals surface area contributed by atoms with Crippen LogP contribution in [0.4, 0.5) is 10.1 Å². The van der Waals surface area contributed by atoms with Gasteiger partial charge in [0.25, 0.3) is 0 Å². The first-order valence-corrected chi connectivity index (χ1v) is 6.93. The van der Waals surface area contributed by atoms with Gasteiger partial charge in [0.15, 0.2) is 0 Å². The Bertz CT molecular complexity index is 612. The Balaban J connectivity index is 1.75. The van der Waals surface area contributed by atoms with Crippen molar-refractivity contribution in [3.63, 3.8) is 0 Å². The van der Waals surface area contributed by atoms with Crippen molar-refractivity contribution in [2.24, 2.45) is 0 Å². The molecule has 1 aliphatic heterocycles. The number of halogens is 1. The Morgan fingerprint density at radius 3 is 3.00 bits per heavy atom. The van der Waals surface area contributed by atoms with Gasteiger partial charge in [0.05, 0.1) is 18.4 Å². The van der Waals surface area contributed by atoms with Crippen molar-refractivity contribution in [2.45, 2.75) is 19.4 Å². The summed E-state index contributed by atoms with van der Waals surface area (Å²) in [6, 6.07) is 13.4. The van der Waals surface area contributed by atoms with E-state index in [4.69, 9.17) is 4.74 Å². The van der Waals surface area contributed by atoms with E-state index in [1.807, 2.05) is 19.1 Å². The first kappa shape index (κ1) is 13.1. The highest BCUT2D eigenvalue weighted by atomic mass is 19.1. The minimum atomic E-state index is -0.223. The molecule has 0 saturated heterocycles. The van der Waals surface area contributed by atoms with Crippen molar-refractivity contribution in [2.75, 3.05) is 18.5 Å². The van der Waals surface area contributed by atoms with Crippen LogP contribution in [0.25, 0.3) is 0 Å². The second-order valence-corrected chi connectivity index (χ2v) is 5.17. The molecule has 1 aliphatic rings. The molecule has 1 heterocycles. The van der Waals surface area contributed by atoms with Crippen LogP contribution < -0.4 is 5.32 Å². The van der Waals surface area contributed by atoms with Crippen molar-refractivity contribution in [3.8, 4) is 0 Å². The standard InChI is InChI=1S/C17H18FNO/c1-12-6-7-15(18)16(10-12)19-11-17-14-5-3-2-4-13(14)8-9-20-17/h2-7,10,17,19H,8-9,11H2,1H3. The molecule has 0 aliphatic carbocycles. The van der Waals surface area contributed by atoms with E-state index in [0.717, 1.165) is 18.6 Å². The van der Waals surface area contributed by atoms with E-state index < -0.39 is 0 Å². The van der Waals surface area contributed by atoms with Gasteiger partial charge in [-0.15, -0.1) is 0 Å². The maximum Gasteiger partial charge on any atom is 0.146 e. The summed E-state index contributed by atoms with van der Waals surface area (Å²) in [5.41, 5.74) is 4.12. The number of rotatable bonds is 3. The highest BCUT2D eigenvalue weighted by Gasteiger charge is 2.20. The smallest absolute Gasteiger partial charge is 0.146 e. The van der Waals surface area contributed by atoms with E-state index in [9.17, 15) is 4.39 Å². The summed E-state index contributed by atoms with van der Waals surface area (Å²) >= 11 is 0. The summed E-state index contributed by atoms with van der Waals surface area (Å²) in [4.78, 5) is 0. The van der Waals surface area contributed by atoms with Crippen molar-refractivity contribution < 1.29 is 9.13 Å². The van der Waals surface area contributed by atoms with E-state index in [2.05, 4.69) is 23.5 Å². The van der Waals surface area contributed by atoms with Gasteiger partial charge in [0.1, 0.15) is 5.82 Å². The topological polar surface area (TPSA) is 21.3 Å². The van der Waals surface area contributed by atoms with Crippen LogP contribution in [0.3, 0.4) is 0 Å². The van der Waals surface area contributed by atoms with Gasteiger partial charge in [-0.2, -0.15) is 0 Å². The van der Waals surface area contributed by atoms with Crippen molar-refractivity contribution in [1.29, 1.82) is 0 Å². The number of benzene rings is 2. The van der Waals surface area contributed by atoms with Gasteiger partial charge in [-0.1, -0.05) is 30.3 Å². The molecule has 3 rings (SSSR count). The lowest BCUT2D eigenvalue weighted by molar-refractivity contribution is 0.0513. The number of hydrogen-bond donors (Lipinski definition) is 1. The minimum absolute atomic E-state index is 0.0140. The van der Waals surface area contributed by atoms with E-state index in [-0.39, 0.29) is 11.9 Å². The summed E-state index contributed by atoms with van der Waals surface area (Å²) in [6.07, 6.45) is 0.936. The van der Waals surface area contributed by atoms with Gasteiger partial charge in [0, 0.05) is 6.54 Å². The zero-order valence-electron chi connectivity index (χ0n) is 11.5. The molecule has 3 heteroatoms. The first-order chi connectivity index (χ1) is 9.74. The molecule has 2 nitrogen and oxygen atoms in total. The zero-order valence-corrected chi connectivity index (χ0v) is 11.5. The second-order valence-electron chi connectivity index (χ2n) is 5.17. The predicted octanol–water partition coefficient (Wildman–Crippen LogP) is 3.86. The largest absolute Gasteiger partial charge is 0.380 e. The van der Waals surface area contributed by atoms with Crippen LogP contribution in [0.5, 0.6) is 0 Å². The fourth-order valence-electron chi connectivity index (χ4n) is 2.62. The molecule has 0 saturated carbocycles. The van der Waals surface area contributed by atoms with Crippen LogP contribution in [-0.4, -0.2) is 13.2 Å². The molecule has 20 heavy (non-hydrogen) atoms. The number of ether oxygens (including phenoxy) is 1. The molecule has 0 spiro atoms. The third-order valence-electron chi connectivity index (χ3n) is 3.69. The number of aryl methyl sites for hydroxylation is 1. The molecular formula is C17H18FNO. The molecule has 1 atom stereocenters. The molecule has 104 valence electrons. The summed E-state index contributed by atoms with van der Waals surface area (Å²) in [5.74, 6) is -0.223. The minimum Gasteiger partial charge on any atom is -0.380 e. The average Bonchev–Trinajstić information content (AvgIpc) is 2.48. The number of hydrogen-bond acceptors (Lipinski definition) is 2. The fraction of sp³-hybridized carbons (Fsp3) is 0.294. The van der Waals surface area contributed by atoms with Gasteiger partial charge in [0.2, 0.25) is 0 Å². The lowest BCUT2D eigenvalue weighted by Crippen LogP contribution is -2.23. The molecule has 2 aromatic carbocycles. The highest BCUT2D eigenvalue weighted by molar-refractivity contribution is 5.47. The summed E-state index contributed by atoms with van der Waals surface area (Å²) in [5, 5.41) is 3.16. The van der Waals surface area contributed by atoms with Gasteiger partial charge < -0.3 is 10.1 Å². The Kier molecular flexibility index (Phi) is 3.70. The van der Waals surface area contributed by atoms with E-state index in [1.54, 1.807) is 6.07 Å². The molecule has 0 radical (unpaired) electrons. The van der Waals surface area contributed by atoms with Crippen LogP contribution >= 0.6 is 0 Å². The molecule has 0 amide bonds. The number of anilines is 1. The van der Waals surface area contributed by atoms with Crippen LogP contribution in [0.2, 0.25) is 0 Å². The van der Waals surface area contributed by atoms with Crippen LogP contribution in [-0.2, 0) is 11.2 Å². The first-order valence-electron chi connectivity index (χ1n) is 6.93. The van der Waals surface area contributed by atoms with Crippen LogP contribution in [0.15, 0.2) is 42.5 Å². The van der Waals surface area contributed by atoms with Crippen molar-refractivity contribution in [1.82, 2.24) is 0 Å². The molecule has 0 aromatic heterocycles. The lowest BCUT2D eigenvalue weighted by Gasteiger charge is -2.26. The van der Waals surface area contributed by atoms with Gasteiger partial charge >= 0.3 is 0 Å². The van der Waals surface area contributed by atoms with Gasteiger partial charge in [-0.25, -0.2) is 4.39 Å². The summed E-state index contributed by atoms with van der Waals surface area (Å²) in [7, 11) is 0. The quantitative estimate of drug-likeness (QED) is 0.915. The number of fused-ring (bicyclic) bond motifs is 1. The normalized spacial score (nSPS) is 17.6. The molecule has 1 unspecified atom stereocenters. The maximum absolute atomic E-state index is 13.7. The Hall–Kier alpha value is -1.87. The van der Waals surface area contributed by atoms with Crippen LogP contribution in [0.1, 0.15) is 22.8 Å². The summed E-state index contributed by atoms with van der Waals surface area (Å²) < 4.78 is 19.5. The Morgan fingerprint density at radius 2 is 2.10 bits per heavy atom. The third kappa shape index (κ3) is 2.68. The SMILES string of the molecule is Cc1ccc(F)c(NCC2OCCc3ccccc32)c1. The van der Waals surface area contributed by atoms with E-state index >= 15 is 0 Å². The van der Waals surface area contributed by atoms with Crippen molar-refractivity contribution in [3.05, 3.63) is 65.0 Å². The summed E-state index contributed by atoms with van der Waals surface area (Å²) in [6.45, 7) is 3.26. The molecule has 2 aromatic rings. The second kappa shape index (κ2) is 5.63. The lowest BCUT2D eigenvalue weighted by atomic mass is 9.97. The van der Waals surface area contributed by atoms with Gasteiger partial charge in [-0.3, -0.25) is 0 Å². The van der Waals surface area contributed by atoms with E-state index in [1.165, 1.54) is 17.2 Å². The fourth-order valence-corrected chi connectivity index (χ4v) is 2.62. The zero-order chi connectivity index (χ0) is 13.9. The van der Waals surface area contributed by atoms with Crippen molar-refractivity contribution >= 4 is 5.69 Å². The van der Waals surface area contributed by atoms with E-state index in [0.29, 0.717) is 12.2 Å². The molecule has 0 bridgehead atoms. The average molecular weight is 271 g/mol. The van der Waals surface area contributed by atoms with Gasteiger partial charge in [-0.05, 0) is 42.2 Å². The molecule has 1 N–H and O–H groups in total.